The highest BCUT2D eigenvalue weighted by atomic mass is 35.5. The van der Waals surface area contributed by atoms with E-state index >= 15 is 0 Å². The average molecular weight is 602 g/mol. The van der Waals surface area contributed by atoms with Gasteiger partial charge in [-0.15, -0.1) is 0 Å². The highest BCUT2D eigenvalue weighted by Crippen LogP contribution is 2.15. The van der Waals surface area contributed by atoms with Gasteiger partial charge in [-0.05, 0) is 13.8 Å². The molecule has 0 unspecified atom stereocenters. The Balaban J connectivity index is 0.000000361. The molecule has 6 N–H and O–H groups in total. The van der Waals surface area contributed by atoms with E-state index in [4.69, 9.17) is 21.7 Å². The second-order valence-electron chi connectivity index (χ2n) is 8.32. The van der Waals surface area contributed by atoms with E-state index in [9.17, 15) is 0 Å². The summed E-state index contributed by atoms with van der Waals surface area (Å²) >= 11 is 3.30. The molecule has 208 valence electrons. The van der Waals surface area contributed by atoms with Gasteiger partial charge in [0.05, 0.1) is 20.9 Å². The number of aryl methyl sites for hydroxylation is 2. The fourth-order valence-corrected chi connectivity index (χ4v) is 5.50. The molecule has 0 bridgehead atoms. The van der Waals surface area contributed by atoms with Gasteiger partial charge >= 0.3 is 0 Å². The predicted molar refractivity (Wildman–Crippen MR) is 141 cm³/mol. The molecule has 0 spiro atoms. The van der Waals surface area contributed by atoms with E-state index in [1.54, 1.807) is 35.1 Å². The number of thiazole rings is 2. The van der Waals surface area contributed by atoms with E-state index < -0.39 is 0 Å². The summed E-state index contributed by atoms with van der Waals surface area (Å²) in [5.74, 6) is 2.43. The normalized spacial score (nSPS) is 10.3. The van der Waals surface area contributed by atoms with E-state index in [2.05, 4.69) is 29.1 Å². The van der Waals surface area contributed by atoms with Crippen molar-refractivity contribution in [1.29, 1.82) is 0 Å². The molecular formula is C24H34Cl2N8O2S2. The Bertz CT molecular complexity index is 1220. The highest BCUT2D eigenvalue weighted by Gasteiger charge is 2.18. The maximum absolute atomic E-state index is 8.98. The Hall–Kier alpha value is -2.48. The van der Waals surface area contributed by atoms with Gasteiger partial charge in [0.15, 0.2) is 24.5 Å². The van der Waals surface area contributed by atoms with Crippen molar-refractivity contribution >= 4 is 34.3 Å². The number of hydrogen-bond acceptors (Lipinski definition) is 10. The summed E-state index contributed by atoms with van der Waals surface area (Å²) in [5.41, 5.74) is 20.0. The summed E-state index contributed by atoms with van der Waals surface area (Å²) in [6, 6.07) is 0. The van der Waals surface area contributed by atoms with Crippen molar-refractivity contribution in [2.45, 2.75) is 53.6 Å². The van der Waals surface area contributed by atoms with Crippen LogP contribution in [0.1, 0.15) is 43.9 Å². The summed E-state index contributed by atoms with van der Waals surface area (Å²) in [4.78, 5) is 19.1. The van der Waals surface area contributed by atoms with Gasteiger partial charge in [-0.3, -0.25) is 0 Å². The summed E-state index contributed by atoms with van der Waals surface area (Å²) in [6.45, 7) is 9.43. The van der Waals surface area contributed by atoms with E-state index in [1.165, 1.54) is 9.75 Å². The van der Waals surface area contributed by atoms with Gasteiger partial charge in [0.1, 0.15) is 23.3 Å². The zero-order chi connectivity index (χ0) is 26.2. The van der Waals surface area contributed by atoms with E-state index in [0.717, 1.165) is 22.5 Å². The van der Waals surface area contributed by atoms with Crippen molar-refractivity contribution in [1.82, 2.24) is 19.9 Å². The molecule has 38 heavy (non-hydrogen) atoms. The standard InChI is InChI=1S/2C12H17N4OS.2ClH/c2*1-8-11(3-4-17)18-7-16(8)6-10-5-14-9(2)15-12(10)13;;/h2*5,7,17H,3-4,6H2,1-2H3,(H2,13,14,15);2*1H/q2*+1;;/p-2. The molecule has 0 amide bonds. The largest absolute Gasteiger partial charge is 1.00 e. The third kappa shape index (κ3) is 8.79. The number of rotatable bonds is 8. The molecule has 0 fully saturated rings. The molecule has 10 nitrogen and oxygen atoms in total. The van der Waals surface area contributed by atoms with E-state index in [1.807, 2.05) is 38.7 Å². The van der Waals surface area contributed by atoms with Crippen LogP contribution >= 0.6 is 22.7 Å². The van der Waals surface area contributed by atoms with Crippen molar-refractivity contribution in [2.24, 2.45) is 0 Å². The lowest BCUT2D eigenvalue weighted by Crippen LogP contribution is -3.00. The second-order valence-corrected chi connectivity index (χ2v) is 10.2. The molecule has 0 atom stereocenters. The maximum atomic E-state index is 8.98. The molecule has 0 saturated carbocycles. The predicted octanol–water partition coefficient (Wildman–Crippen LogP) is -4.78. The minimum absolute atomic E-state index is 0. The molecule has 0 radical (unpaired) electrons. The van der Waals surface area contributed by atoms with Crippen LogP contribution < -0.4 is 45.4 Å². The number of nitrogen functional groups attached to an aromatic ring is 2. The Morgan fingerprint density at radius 3 is 1.39 bits per heavy atom. The molecule has 0 aliphatic heterocycles. The minimum atomic E-state index is 0. The van der Waals surface area contributed by atoms with E-state index in [0.29, 0.717) is 49.2 Å². The monoisotopic (exact) mass is 600 g/mol. The summed E-state index contributed by atoms with van der Waals surface area (Å²) in [5, 5.41) is 18.0. The number of aliphatic hydroxyl groups excluding tert-OH is 2. The Labute approximate surface area is 243 Å². The summed E-state index contributed by atoms with van der Waals surface area (Å²) < 4.78 is 4.22. The van der Waals surface area contributed by atoms with Crippen molar-refractivity contribution in [2.75, 3.05) is 24.7 Å². The third-order valence-corrected chi connectivity index (χ3v) is 8.00. The Morgan fingerprint density at radius 2 is 1.08 bits per heavy atom. The topological polar surface area (TPSA) is 152 Å². The second kappa shape index (κ2) is 15.8. The zero-order valence-corrected chi connectivity index (χ0v) is 25.0. The van der Waals surface area contributed by atoms with Gasteiger partial charge in [0, 0.05) is 52.3 Å². The van der Waals surface area contributed by atoms with Crippen LogP contribution in [0, 0.1) is 27.7 Å². The van der Waals surface area contributed by atoms with Crippen LogP contribution in [0.15, 0.2) is 23.4 Å². The molecule has 4 rings (SSSR count). The molecule has 4 aromatic rings. The lowest BCUT2D eigenvalue weighted by Gasteiger charge is -2.01. The Kier molecular flexibility index (Phi) is 14.0. The zero-order valence-electron chi connectivity index (χ0n) is 21.9. The number of nitrogens with zero attached hydrogens (tertiary/aromatic N) is 6. The molecule has 4 heterocycles. The quantitative estimate of drug-likeness (QED) is 0.147. The van der Waals surface area contributed by atoms with Gasteiger partial charge in [0.25, 0.3) is 0 Å². The lowest BCUT2D eigenvalue weighted by atomic mass is 10.2. The van der Waals surface area contributed by atoms with Crippen LogP contribution in [0.3, 0.4) is 0 Å². The van der Waals surface area contributed by atoms with Gasteiger partial charge in [-0.25, -0.2) is 19.9 Å². The highest BCUT2D eigenvalue weighted by molar-refractivity contribution is 7.09. The first-order valence-corrected chi connectivity index (χ1v) is 13.3. The molecule has 0 aliphatic rings. The summed E-state index contributed by atoms with van der Waals surface area (Å²) in [6.07, 6.45) is 4.94. The van der Waals surface area contributed by atoms with Gasteiger partial charge in [-0.1, -0.05) is 22.7 Å². The third-order valence-electron chi connectivity index (χ3n) is 5.71. The number of aliphatic hydroxyl groups is 2. The Morgan fingerprint density at radius 1 is 0.711 bits per heavy atom. The van der Waals surface area contributed by atoms with Crippen LogP contribution in [0.5, 0.6) is 0 Å². The molecular weight excluding hydrogens is 567 g/mol. The number of aromatic nitrogens is 6. The minimum Gasteiger partial charge on any atom is -1.00 e. The molecule has 0 aliphatic carbocycles. The van der Waals surface area contributed by atoms with E-state index in [-0.39, 0.29) is 38.0 Å². The van der Waals surface area contributed by atoms with Crippen LogP contribution in [-0.4, -0.2) is 43.4 Å². The van der Waals surface area contributed by atoms with Gasteiger partial charge in [-0.2, -0.15) is 9.13 Å². The smallest absolute Gasteiger partial charge is 0.225 e. The van der Waals surface area contributed by atoms with Gasteiger partial charge < -0.3 is 46.5 Å². The molecule has 0 saturated heterocycles. The SMILES string of the molecule is Cc1ncc(C[n+]2csc(CCO)c2C)c(N)n1.Cc1ncc(C[n+]2csc(CCO)c2C)c(N)n1.[Cl-].[Cl-]. The van der Waals surface area contributed by atoms with Crippen LogP contribution in [-0.2, 0) is 25.9 Å². The van der Waals surface area contributed by atoms with Crippen molar-refractivity contribution in [3.05, 3.63) is 67.3 Å². The number of nitrogens with two attached hydrogens (primary N) is 2. The first-order chi connectivity index (χ1) is 17.2. The number of halogens is 2. The van der Waals surface area contributed by atoms with Gasteiger partial charge in [0.2, 0.25) is 11.0 Å². The molecule has 14 heteroatoms. The summed E-state index contributed by atoms with van der Waals surface area (Å²) in [7, 11) is 0. The fraction of sp³-hybridized carbons (Fsp3) is 0.417. The van der Waals surface area contributed by atoms with Crippen LogP contribution in [0.25, 0.3) is 0 Å². The first-order valence-electron chi connectivity index (χ1n) is 11.5. The first kappa shape index (κ1) is 33.5. The van der Waals surface area contributed by atoms with Crippen molar-refractivity contribution < 1.29 is 44.2 Å². The fourth-order valence-electron chi connectivity index (χ4n) is 3.53. The number of anilines is 2. The lowest BCUT2D eigenvalue weighted by molar-refractivity contribution is -0.689. The maximum Gasteiger partial charge on any atom is 0.225 e. The number of hydrogen-bond donors (Lipinski definition) is 4. The average Bonchev–Trinajstić information content (AvgIpc) is 3.35. The molecule has 4 aromatic heterocycles. The van der Waals surface area contributed by atoms with Crippen molar-refractivity contribution in [3.8, 4) is 0 Å². The van der Waals surface area contributed by atoms with Crippen molar-refractivity contribution in [3.63, 3.8) is 0 Å². The molecule has 0 aromatic carbocycles. The van der Waals surface area contributed by atoms with Crippen LogP contribution in [0.2, 0.25) is 0 Å². The van der Waals surface area contributed by atoms with Crippen LogP contribution in [0.4, 0.5) is 11.6 Å².